The number of nitro groups is 1. The molecule has 1 amide bonds. The van der Waals surface area contributed by atoms with Crippen LogP contribution < -0.4 is 0 Å². The SMILES string of the molecule is O=C(Cc1ccccc1[N+](=O)[O-])N1CCCC1c1ccccn1. The van der Waals surface area contributed by atoms with Crippen LogP contribution in [0.3, 0.4) is 0 Å². The van der Waals surface area contributed by atoms with E-state index >= 15 is 0 Å². The summed E-state index contributed by atoms with van der Waals surface area (Å²) in [5, 5.41) is 11.1. The Labute approximate surface area is 133 Å². The Morgan fingerprint density at radius 1 is 1.26 bits per heavy atom. The number of nitrogens with zero attached hydrogens (tertiary/aromatic N) is 3. The smallest absolute Gasteiger partial charge is 0.273 e. The average molecular weight is 311 g/mol. The van der Waals surface area contributed by atoms with Gasteiger partial charge in [0.25, 0.3) is 5.69 Å². The van der Waals surface area contributed by atoms with Crippen LogP contribution in [0.25, 0.3) is 0 Å². The van der Waals surface area contributed by atoms with Crippen LogP contribution in [-0.2, 0) is 11.2 Å². The fraction of sp³-hybridized carbons (Fsp3) is 0.294. The predicted molar refractivity (Wildman–Crippen MR) is 84.7 cm³/mol. The number of aromatic nitrogens is 1. The molecule has 1 aromatic carbocycles. The number of hydrogen-bond acceptors (Lipinski definition) is 4. The van der Waals surface area contributed by atoms with Gasteiger partial charge < -0.3 is 4.90 Å². The molecule has 2 aromatic rings. The summed E-state index contributed by atoms with van der Waals surface area (Å²) >= 11 is 0. The molecular weight excluding hydrogens is 294 g/mol. The van der Waals surface area contributed by atoms with E-state index in [9.17, 15) is 14.9 Å². The van der Waals surface area contributed by atoms with Gasteiger partial charge >= 0.3 is 0 Å². The van der Waals surface area contributed by atoms with Crippen LogP contribution in [0.2, 0.25) is 0 Å². The van der Waals surface area contributed by atoms with Gasteiger partial charge in [-0.05, 0) is 25.0 Å². The molecule has 1 aromatic heterocycles. The number of nitro benzene ring substituents is 1. The van der Waals surface area contributed by atoms with E-state index in [0.29, 0.717) is 12.1 Å². The van der Waals surface area contributed by atoms with Crippen LogP contribution in [0, 0.1) is 10.1 Å². The van der Waals surface area contributed by atoms with Crippen LogP contribution in [0.1, 0.15) is 30.1 Å². The quantitative estimate of drug-likeness (QED) is 0.642. The van der Waals surface area contributed by atoms with Crippen molar-refractivity contribution in [2.45, 2.75) is 25.3 Å². The van der Waals surface area contributed by atoms with E-state index in [4.69, 9.17) is 0 Å². The summed E-state index contributed by atoms with van der Waals surface area (Å²) in [4.78, 5) is 29.4. The predicted octanol–water partition coefficient (Wildman–Crippen LogP) is 2.90. The maximum Gasteiger partial charge on any atom is 0.273 e. The number of pyridine rings is 1. The van der Waals surface area contributed by atoms with Gasteiger partial charge in [0.1, 0.15) is 0 Å². The molecule has 1 saturated heterocycles. The molecule has 0 N–H and O–H groups in total. The van der Waals surface area contributed by atoms with Crippen LogP contribution in [-0.4, -0.2) is 27.3 Å². The summed E-state index contributed by atoms with van der Waals surface area (Å²) in [5.41, 5.74) is 1.32. The van der Waals surface area contributed by atoms with Crippen molar-refractivity contribution in [1.29, 1.82) is 0 Å². The monoisotopic (exact) mass is 311 g/mol. The lowest BCUT2D eigenvalue weighted by molar-refractivity contribution is -0.385. The second kappa shape index (κ2) is 6.56. The molecule has 1 aliphatic rings. The molecule has 0 aliphatic carbocycles. The number of benzene rings is 1. The van der Waals surface area contributed by atoms with Gasteiger partial charge in [0, 0.05) is 24.4 Å². The van der Waals surface area contributed by atoms with E-state index in [1.807, 2.05) is 18.2 Å². The van der Waals surface area contributed by atoms with Gasteiger partial charge in [0.15, 0.2) is 0 Å². The molecule has 0 bridgehead atoms. The highest BCUT2D eigenvalue weighted by molar-refractivity contribution is 5.80. The maximum absolute atomic E-state index is 12.6. The van der Waals surface area contributed by atoms with Crippen molar-refractivity contribution in [2.24, 2.45) is 0 Å². The van der Waals surface area contributed by atoms with Crippen LogP contribution >= 0.6 is 0 Å². The minimum absolute atomic E-state index is 0.00515. The van der Waals surface area contributed by atoms with E-state index in [1.165, 1.54) is 6.07 Å². The van der Waals surface area contributed by atoms with Gasteiger partial charge in [-0.2, -0.15) is 0 Å². The Morgan fingerprint density at radius 2 is 2.04 bits per heavy atom. The van der Waals surface area contributed by atoms with Gasteiger partial charge in [-0.3, -0.25) is 19.9 Å². The third kappa shape index (κ3) is 3.21. The molecule has 6 heteroatoms. The number of hydrogen-bond donors (Lipinski definition) is 0. The fourth-order valence-corrected chi connectivity index (χ4v) is 3.05. The van der Waals surface area contributed by atoms with Crippen molar-refractivity contribution in [1.82, 2.24) is 9.88 Å². The van der Waals surface area contributed by atoms with Gasteiger partial charge in [-0.15, -0.1) is 0 Å². The number of amides is 1. The van der Waals surface area contributed by atoms with Crippen molar-refractivity contribution < 1.29 is 9.72 Å². The normalized spacial score (nSPS) is 17.2. The topological polar surface area (TPSA) is 76.3 Å². The number of rotatable bonds is 4. The summed E-state index contributed by atoms with van der Waals surface area (Å²) in [7, 11) is 0. The van der Waals surface area contributed by atoms with Gasteiger partial charge in [0.2, 0.25) is 5.91 Å². The third-order valence-corrected chi connectivity index (χ3v) is 4.13. The molecule has 23 heavy (non-hydrogen) atoms. The Balaban J connectivity index is 1.79. The fourth-order valence-electron chi connectivity index (χ4n) is 3.05. The molecule has 1 aliphatic heterocycles. The summed E-state index contributed by atoms with van der Waals surface area (Å²) in [5.74, 6) is -0.0903. The largest absolute Gasteiger partial charge is 0.334 e. The Kier molecular flexibility index (Phi) is 4.32. The zero-order valence-corrected chi connectivity index (χ0v) is 12.6. The first-order valence-corrected chi connectivity index (χ1v) is 7.59. The van der Waals surface area contributed by atoms with Crippen molar-refractivity contribution in [3.8, 4) is 0 Å². The third-order valence-electron chi connectivity index (χ3n) is 4.13. The van der Waals surface area contributed by atoms with Crippen LogP contribution in [0.15, 0.2) is 48.7 Å². The first-order chi connectivity index (χ1) is 11.2. The van der Waals surface area contributed by atoms with E-state index in [0.717, 1.165) is 18.5 Å². The van der Waals surface area contributed by atoms with Crippen molar-refractivity contribution in [2.75, 3.05) is 6.54 Å². The summed E-state index contributed by atoms with van der Waals surface area (Å²) in [6, 6.07) is 12.0. The first-order valence-electron chi connectivity index (χ1n) is 7.59. The number of carbonyl (C=O) groups excluding carboxylic acids is 1. The van der Waals surface area contributed by atoms with Gasteiger partial charge in [-0.1, -0.05) is 24.3 Å². The molecule has 6 nitrogen and oxygen atoms in total. The standard InChI is InChI=1S/C17H17N3O3/c21-17(12-13-6-1-2-8-15(13)20(22)23)19-11-5-9-16(19)14-7-3-4-10-18-14/h1-4,6-8,10,16H,5,9,11-12H2. The van der Waals surface area contributed by atoms with Crippen LogP contribution in [0.5, 0.6) is 0 Å². The highest BCUT2D eigenvalue weighted by atomic mass is 16.6. The first kappa shape index (κ1) is 15.1. The number of carbonyl (C=O) groups is 1. The molecule has 3 rings (SSSR count). The van der Waals surface area contributed by atoms with Crippen molar-refractivity contribution in [3.05, 3.63) is 70.0 Å². The number of likely N-dealkylation sites (tertiary alicyclic amines) is 1. The van der Waals surface area contributed by atoms with E-state index < -0.39 is 4.92 Å². The maximum atomic E-state index is 12.6. The van der Waals surface area contributed by atoms with Gasteiger partial charge in [0.05, 0.1) is 23.1 Å². The Bertz CT molecular complexity index is 718. The second-order valence-corrected chi connectivity index (χ2v) is 5.56. The van der Waals surface area contributed by atoms with E-state index in [2.05, 4.69) is 4.98 Å². The Hall–Kier alpha value is -2.76. The summed E-state index contributed by atoms with van der Waals surface area (Å²) in [6.45, 7) is 0.667. The summed E-state index contributed by atoms with van der Waals surface area (Å²) < 4.78 is 0. The van der Waals surface area contributed by atoms with Crippen molar-refractivity contribution in [3.63, 3.8) is 0 Å². The number of para-hydroxylation sites is 1. The molecule has 0 spiro atoms. The molecule has 1 unspecified atom stereocenters. The molecule has 0 saturated carbocycles. The van der Waals surface area contributed by atoms with E-state index in [1.54, 1.807) is 29.3 Å². The molecule has 1 atom stereocenters. The molecule has 0 radical (unpaired) electrons. The summed E-state index contributed by atoms with van der Waals surface area (Å²) in [6.07, 6.45) is 3.56. The molecule has 118 valence electrons. The molecular formula is C17H17N3O3. The Morgan fingerprint density at radius 3 is 2.78 bits per heavy atom. The lowest BCUT2D eigenvalue weighted by Gasteiger charge is -2.24. The zero-order chi connectivity index (χ0) is 16.2. The minimum atomic E-state index is -0.442. The molecule has 1 fully saturated rings. The minimum Gasteiger partial charge on any atom is -0.334 e. The zero-order valence-electron chi connectivity index (χ0n) is 12.6. The lowest BCUT2D eigenvalue weighted by atomic mass is 10.1. The van der Waals surface area contributed by atoms with Crippen molar-refractivity contribution >= 4 is 11.6 Å². The van der Waals surface area contributed by atoms with Gasteiger partial charge in [-0.25, -0.2) is 0 Å². The second-order valence-electron chi connectivity index (χ2n) is 5.56. The van der Waals surface area contributed by atoms with Crippen LogP contribution in [0.4, 0.5) is 5.69 Å². The highest BCUT2D eigenvalue weighted by Crippen LogP contribution is 2.31. The lowest BCUT2D eigenvalue weighted by Crippen LogP contribution is -2.32. The average Bonchev–Trinajstić information content (AvgIpc) is 3.05. The highest BCUT2D eigenvalue weighted by Gasteiger charge is 2.31. The van der Waals surface area contributed by atoms with E-state index in [-0.39, 0.29) is 24.1 Å². The molecule has 2 heterocycles.